The molecule has 0 bridgehead atoms. The summed E-state index contributed by atoms with van der Waals surface area (Å²) in [4.78, 5) is 0. The summed E-state index contributed by atoms with van der Waals surface area (Å²) in [6.45, 7) is 10.7. The quantitative estimate of drug-likeness (QED) is 0.604. The molecule has 108 valence electrons. The summed E-state index contributed by atoms with van der Waals surface area (Å²) in [7, 11) is 0. The van der Waals surface area contributed by atoms with Crippen LogP contribution in [0.4, 0.5) is 0 Å². The topological polar surface area (TPSA) is 18.5 Å². The first kappa shape index (κ1) is 16.4. The maximum Gasteiger partial charge on any atom is 0.123 e. The second-order valence-electron chi connectivity index (χ2n) is 5.62. The molecule has 0 aliphatic rings. The molecule has 0 saturated heterocycles. The molecule has 0 fully saturated rings. The molecule has 19 heavy (non-hydrogen) atoms. The van der Waals surface area contributed by atoms with Crippen molar-refractivity contribution in [2.75, 3.05) is 25.6 Å². The van der Waals surface area contributed by atoms with Gasteiger partial charge in [0.1, 0.15) is 12.4 Å². The van der Waals surface area contributed by atoms with E-state index in [1.165, 1.54) is 11.1 Å². The zero-order valence-electron chi connectivity index (χ0n) is 12.5. The molecule has 0 N–H and O–H groups in total. The van der Waals surface area contributed by atoms with Gasteiger partial charge in [-0.25, -0.2) is 0 Å². The molecule has 2 nitrogen and oxygen atoms in total. The highest BCUT2D eigenvalue weighted by Gasteiger charge is 2.19. The van der Waals surface area contributed by atoms with Crippen molar-refractivity contribution in [1.29, 1.82) is 0 Å². The van der Waals surface area contributed by atoms with Crippen molar-refractivity contribution in [3.05, 3.63) is 29.3 Å². The standard InChI is InChI=1S/C16H26O2S/c1-5-13-6-7-15(14(12-13)16(2,3)4)18-9-8-17-10-11-19/h6-7,12,19H,5,8-11H2,1-4H3. The van der Waals surface area contributed by atoms with Gasteiger partial charge < -0.3 is 9.47 Å². The van der Waals surface area contributed by atoms with E-state index < -0.39 is 0 Å². The van der Waals surface area contributed by atoms with E-state index in [1.54, 1.807) is 0 Å². The molecule has 0 radical (unpaired) electrons. The summed E-state index contributed by atoms with van der Waals surface area (Å²) >= 11 is 4.10. The molecule has 0 aliphatic heterocycles. The first-order chi connectivity index (χ1) is 8.99. The van der Waals surface area contributed by atoms with Gasteiger partial charge in [-0.05, 0) is 29.0 Å². The van der Waals surface area contributed by atoms with Crippen molar-refractivity contribution in [2.24, 2.45) is 0 Å². The van der Waals surface area contributed by atoms with Gasteiger partial charge in [0, 0.05) is 5.75 Å². The van der Waals surface area contributed by atoms with Crippen molar-refractivity contribution in [2.45, 2.75) is 39.5 Å². The second-order valence-corrected chi connectivity index (χ2v) is 6.07. The van der Waals surface area contributed by atoms with Crippen LogP contribution < -0.4 is 4.74 Å². The third-order valence-corrected chi connectivity index (χ3v) is 3.16. The lowest BCUT2D eigenvalue weighted by molar-refractivity contribution is 0.111. The van der Waals surface area contributed by atoms with Crippen LogP contribution in [0.2, 0.25) is 0 Å². The Morgan fingerprint density at radius 3 is 2.42 bits per heavy atom. The van der Waals surface area contributed by atoms with Gasteiger partial charge in [0.25, 0.3) is 0 Å². The highest BCUT2D eigenvalue weighted by atomic mass is 32.1. The minimum Gasteiger partial charge on any atom is -0.491 e. The number of ether oxygens (including phenoxy) is 2. The van der Waals surface area contributed by atoms with Crippen LogP contribution in [0.5, 0.6) is 5.75 Å². The largest absolute Gasteiger partial charge is 0.491 e. The number of aryl methyl sites for hydroxylation is 1. The maximum absolute atomic E-state index is 5.86. The van der Waals surface area contributed by atoms with Gasteiger partial charge in [-0.3, -0.25) is 0 Å². The minimum absolute atomic E-state index is 0.0898. The lowest BCUT2D eigenvalue weighted by Crippen LogP contribution is -2.16. The van der Waals surface area contributed by atoms with E-state index in [1.807, 2.05) is 0 Å². The summed E-state index contributed by atoms with van der Waals surface area (Å²) < 4.78 is 11.2. The number of thiol groups is 1. The van der Waals surface area contributed by atoms with Gasteiger partial charge in [0.2, 0.25) is 0 Å². The van der Waals surface area contributed by atoms with Crippen molar-refractivity contribution in [1.82, 2.24) is 0 Å². The lowest BCUT2D eigenvalue weighted by atomic mass is 9.85. The summed E-state index contributed by atoms with van der Waals surface area (Å²) in [5.41, 5.74) is 2.71. The Labute approximate surface area is 122 Å². The smallest absolute Gasteiger partial charge is 0.123 e. The third-order valence-electron chi connectivity index (χ3n) is 2.98. The molecular formula is C16H26O2S. The molecule has 0 atom stereocenters. The third kappa shape index (κ3) is 5.45. The molecule has 0 spiro atoms. The van der Waals surface area contributed by atoms with Crippen LogP contribution in [0, 0.1) is 0 Å². The molecule has 0 amide bonds. The fourth-order valence-corrected chi connectivity index (χ4v) is 2.02. The van der Waals surface area contributed by atoms with Gasteiger partial charge in [0.15, 0.2) is 0 Å². The first-order valence-electron chi connectivity index (χ1n) is 6.94. The summed E-state index contributed by atoms with van der Waals surface area (Å²) in [6, 6.07) is 6.47. The van der Waals surface area contributed by atoms with E-state index in [4.69, 9.17) is 9.47 Å². The van der Waals surface area contributed by atoms with Crippen LogP contribution in [0.15, 0.2) is 18.2 Å². The SMILES string of the molecule is CCc1ccc(OCCOCCS)c(C(C)(C)C)c1. The highest BCUT2D eigenvalue weighted by Crippen LogP contribution is 2.32. The Kier molecular flexibility index (Phi) is 6.73. The van der Waals surface area contributed by atoms with Crippen molar-refractivity contribution >= 4 is 12.6 Å². The maximum atomic E-state index is 5.86. The van der Waals surface area contributed by atoms with E-state index in [0.29, 0.717) is 19.8 Å². The molecule has 0 unspecified atom stereocenters. The fourth-order valence-electron chi connectivity index (χ4n) is 1.89. The van der Waals surface area contributed by atoms with E-state index in [0.717, 1.165) is 17.9 Å². The Morgan fingerprint density at radius 2 is 1.84 bits per heavy atom. The van der Waals surface area contributed by atoms with Crippen LogP contribution in [-0.4, -0.2) is 25.6 Å². The Hall–Kier alpha value is -0.670. The number of hydrogen-bond donors (Lipinski definition) is 1. The molecule has 0 saturated carbocycles. The zero-order chi connectivity index (χ0) is 14.3. The number of hydrogen-bond acceptors (Lipinski definition) is 3. The monoisotopic (exact) mass is 282 g/mol. The number of benzene rings is 1. The van der Waals surface area contributed by atoms with E-state index in [-0.39, 0.29) is 5.41 Å². The normalized spacial score (nSPS) is 11.6. The highest BCUT2D eigenvalue weighted by molar-refractivity contribution is 7.80. The Morgan fingerprint density at radius 1 is 1.11 bits per heavy atom. The predicted molar refractivity (Wildman–Crippen MR) is 84.7 cm³/mol. The molecule has 0 aliphatic carbocycles. The molecule has 1 aromatic carbocycles. The Balaban J connectivity index is 2.71. The van der Waals surface area contributed by atoms with Gasteiger partial charge in [0.05, 0.1) is 13.2 Å². The summed E-state index contributed by atoms with van der Waals surface area (Å²) in [5, 5.41) is 0. The molecular weight excluding hydrogens is 256 g/mol. The van der Waals surface area contributed by atoms with E-state index in [2.05, 4.69) is 58.5 Å². The molecule has 1 rings (SSSR count). The summed E-state index contributed by atoms with van der Waals surface area (Å²) in [5.74, 6) is 1.72. The van der Waals surface area contributed by atoms with E-state index >= 15 is 0 Å². The van der Waals surface area contributed by atoms with Crippen LogP contribution in [0.3, 0.4) is 0 Å². The van der Waals surface area contributed by atoms with Crippen molar-refractivity contribution in [3.63, 3.8) is 0 Å². The minimum atomic E-state index is 0.0898. The van der Waals surface area contributed by atoms with Gasteiger partial charge >= 0.3 is 0 Å². The second kappa shape index (κ2) is 7.81. The van der Waals surface area contributed by atoms with Gasteiger partial charge in [-0.1, -0.05) is 39.8 Å². The average molecular weight is 282 g/mol. The van der Waals surface area contributed by atoms with Crippen molar-refractivity contribution in [3.8, 4) is 5.75 Å². The predicted octanol–water partition coefficient (Wildman–Crippen LogP) is 3.87. The van der Waals surface area contributed by atoms with Gasteiger partial charge in [-0.15, -0.1) is 0 Å². The molecule has 0 aromatic heterocycles. The lowest BCUT2D eigenvalue weighted by Gasteiger charge is -2.23. The van der Waals surface area contributed by atoms with Gasteiger partial charge in [-0.2, -0.15) is 12.6 Å². The molecule has 1 aromatic rings. The summed E-state index contributed by atoms with van der Waals surface area (Å²) in [6.07, 6.45) is 1.05. The first-order valence-corrected chi connectivity index (χ1v) is 7.57. The number of rotatable bonds is 7. The average Bonchev–Trinajstić information content (AvgIpc) is 2.37. The molecule has 0 heterocycles. The zero-order valence-corrected chi connectivity index (χ0v) is 13.4. The van der Waals surface area contributed by atoms with Crippen LogP contribution >= 0.6 is 12.6 Å². The van der Waals surface area contributed by atoms with Crippen LogP contribution in [0.25, 0.3) is 0 Å². The van der Waals surface area contributed by atoms with E-state index in [9.17, 15) is 0 Å². The fraction of sp³-hybridized carbons (Fsp3) is 0.625. The van der Waals surface area contributed by atoms with Crippen LogP contribution in [-0.2, 0) is 16.6 Å². The van der Waals surface area contributed by atoms with Crippen molar-refractivity contribution < 1.29 is 9.47 Å². The molecule has 3 heteroatoms. The Bertz CT molecular complexity index is 383. The van der Waals surface area contributed by atoms with Crippen LogP contribution in [0.1, 0.15) is 38.8 Å².